The van der Waals surface area contributed by atoms with E-state index in [0.717, 1.165) is 11.1 Å². The van der Waals surface area contributed by atoms with Crippen LogP contribution < -0.4 is 10.1 Å². The van der Waals surface area contributed by atoms with Gasteiger partial charge in [0.2, 0.25) is 11.8 Å². The van der Waals surface area contributed by atoms with Crippen molar-refractivity contribution in [2.24, 2.45) is 0 Å². The highest BCUT2D eigenvalue weighted by atomic mass is 32.2. The molecular weight excluding hydrogens is 350 g/mol. The average Bonchev–Trinajstić information content (AvgIpc) is 3.10. The quantitative estimate of drug-likeness (QED) is 0.657. The third-order valence-electron chi connectivity index (χ3n) is 3.66. The molecule has 0 aliphatic carbocycles. The van der Waals surface area contributed by atoms with Gasteiger partial charge in [-0.15, -0.1) is 10.2 Å². The number of aryl methyl sites for hydroxylation is 1. The molecule has 1 heterocycles. The number of carbonyl (C=O) groups excluding carboxylic acids is 1. The Morgan fingerprint density at radius 1 is 1.19 bits per heavy atom. The van der Waals surface area contributed by atoms with Gasteiger partial charge in [0.25, 0.3) is 5.22 Å². The number of nitrogens with one attached hydrogen (secondary N) is 1. The Labute approximate surface area is 156 Å². The lowest BCUT2D eigenvalue weighted by Crippen LogP contribution is -2.22. The molecule has 6 nitrogen and oxygen atoms in total. The van der Waals surface area contributed by atoms with Crippen LogP contribution in [0.25, 0.3) is 11.5 Å². The summed E-state index contributed by atoms with van der Waals surface area (Å²) in [4.78, 5) is 12.4. The van der Waals surface area contributed by atoms with E-state index in [9.17, 15) is 4.79 Å². The smallest absolute Gasteiger partial charge is 0.277 e. The van der Waals surface area contributed by atoms with E-state index in [2.05, 4.69) is 15.5 Å². The number of methoxy groups -OCH3 is 1. The molecule has 0 radical (unpaired) electrons. The fourth-order valence-electron chi connectivity index (χ4n) is 2.30. The lowest BCUT2D eigenvalue weighted by atomic mass is 10.1. The number of nitrogens with zero attached hydrogens (tertiary/aromatic N) is 2. The average molecular weight is 369 g/mol. The summed E-state index contributed by atoms with van der Waals surface area (Å²) in [6.45, 7) is 3.79. The number of benzene rings is 2. The van der Waals surface area contributed by atoms with E-state index in [1.807, 2.05) is 43.3 Å². The van der Waals surface area contributed by atoms with Gasteiger partial charge in [0, 0.05) is 17.3 Å². The first-order valence-electron chi connectivity index (χ1n) is 8.07. The van der Waals surface area contributed by atoms with Gasteiger partial charge in [0.1, 0.15) is 5.75 Å². The Kier molecular flexibility index (Phi) is 5.58. The van der Waals surface area contributed by atoms with Crippen LogP contribution in [0.5, 0.6) is 5.75 Å². The molecule has 0 saturated heterocycles. The van der Waals surface area contributed by atoms with Crippen molar-refractivity contribution in [3.05, 3.63) is 54.1 Å². The summed E-state index contributed by atoms with van der Waals surface area (Å²) >= 11 is 1.22. The minimum absolute atomic E-state index is 0.154. The zero-order valence-corrected chi connectivity index (χ0v) is 15.5. The topological polar surface area (TPSA) is 77.2 Å². The number of rotatable bonds is 6. The predicted octanol–water partition coefficient (Wildman–Crippen LogP) is 4.17. The Balaban J connectivity index is 1.64. The summed E-state index contributed by atoms with van der Waals surface area (Å²) < 4.78 is 10.8. The van der Waals surface area contributed by atoms with Gasteiger partial charge in [-0.1, -0.05) is 35.5 Å². The molecule has 134 valence electrons. The van der Waals surface area contributed by atoms with Crippen LogP contribution in [-0.2, 0) is 4.79 Å². The first-order valence-corrected chi connectivity index (χ1v) is 8.95. The summed E-state index contributed by atoms with van der Waals surface area (Å²) in [6, 6.07) is 15.0. The highest BCUT2D eigenvalue weighted by molar-refractivity contribution is 8.00. The van der Waals surface area contributed by atoms with Gasteiger partial charge < -0.3 is 14.5 Å². The number of carbonyl (C=O) groups is 1. The van der Waals surface area contributed by atoms with Crippen LogP contribution in [0.3, 0.4) is 0 Å². The van der Waals surface area contributed by atoms with Gasteiger partial charge in [-0.05, 0) is 38.1 Å². The Morgan fingerprint density at radius 2 is 2.00 bits per heavy atom. The summed E-state index contributed by atoms with van der Waals surface area (Å²) in [5, 5.41) is 10.9. The minimum atomic E-state index is -0.396. The van der Waals surface area contributed by atoms with Gasteiger partial charge in [-0.3, -0.25) is 4.79 Å². The third kappa shape index (κ3) is 4.43. The van der Waals surface area contributed by atoms with E-state index in [0.29, 0.717) is 22.6 Å². The van der Waals surface area contributed by atoms with Crippen molar-refractivity contribution in [1.29, 1.82) is 0 Å². The van der Waals surface area contributed by atoms with Gasteiger partial charge in [-0.25, -0.2) is 0 Å². The molecule has 0 saturated carbocycles. The number of ether oxygens (including phenoxy) is 1. The van der Waals surface area contributed by atoms with E-state index in [4.69, 9.17) is 9.15 Å². The number of aromatic nitrogens is 2. The Morgan fingerprint density at radius 3 is 2.77 bits per heavy atom. The molecule has 0 bridgehead atoms. The lowest BCUT2D eigenvalue weighted by molar-refractivity contribution is -0.115. The predicted molar refractivity (Wildman–Crippen MR) is 101 cm³/mol. The number of hydrogen-bond donors (Lipinski definition) is 1. The molecule has 1 aromatic heterocycles. The molecule has 26 heavy (non-hydrogen) atoms. The molecule has 0 unspecified atom stereocenters. The van der Waals surface area contributed by atoms with Gasteiger partial charge in [0.05, 0.1) is 12.4 Å². The molecule has 0 aliphatic rings. The number of anilines is 1. The van der Waals surface area contributed by atoms with Gasteiger partial charge >= 0.3 is 0 Å². The van der Waals surface area contributed by atoms with Crippen molar-refractivity contribution in [3.63, 3.8) is 0 Å². The monoisotopic (exact) mass is 369 g/mol. The van der Waals surface area contributed by atoms with E-state index in [-0.39, 0.29) is 5.91 Å². The van der Waals surface area contributed by atoms with Crippen molar-refractivity contribution in [2.45, 2.75) is 24.3 Å². The molecule has 3 aromatic rings. The molecule has 0 spiro atoms. The van der Waals surface area contributed by atoms with Crippen molar-refractivity contribution in [2.75, 3.05) is 12.4 Å². The Bertz CT molecular complexity index is 910. The van der Waals surface area contributed by atoms with Gasteiger partial charge in [-0.2, -0.15) is 0 Å². The summed E-state index contributed by atoms with van der Waals surface area (Å²) in [6.07, 6.45) is 0. The van der Waals surface area contributed by atoms with Crippen LogP contribution in [0.4, 0.5) is 5.69 Å². The van der Waals surface area contributed by atoms with Gasteiger partial charge in [0.15, 0.2) is 0 Å². The first-order chi connectivity index (χ1) is 12.5. The molecule has 0 aliphatic heterocycles. The SMILES string of the molecule is COc1cccc(NC(=O)[C@@H](C)Sc2nnc(-c3cccc(C)c3)o2)c1. The number of hydrogen-bond acceptors (Lipinski definition) is 6. The lowest BCUT2D eigenvalue weighted by Gasteiger charge is -2.10. The molecule has 1 amide bonds. The summed E-state index contributed by atoms with van der Waals surface area (Å²) in [5.74, 6) is 0.970. The minimum Gasteiger partial charge on any atom is -0.497 e. The second kappa shape index (κ2) is 8.05. The van der Waals surface area contributed by atoms with Crippen LogP contribution in [0.2, 0.25) is 0 Å². The molecule has 1 atom stereocenters. The van der Waals surface area contributed by atoms with E-state index in [1.165, 1.54) is 11.8 Å². The molecule has 3 rings (SSSR count). The maximum absolute atomic E-state index is 12.4. The van der Waals surface area contributed by atoms with Crippen LogP contribution >= 0.6 is 11.8 Å². The molecule has 2 aromatic carbocycles. The van der Waals surface area contributed by atoms with E-state index >= 15 is 0 Å². The number of thioether (sulfide) groups is 1. The van der Waals surface area contributed by atoms with Crippen molar-refractivity contribution in [1.82, 2.24) is 10.2 Å². The highest BCUT2D eigenvalue weighted by Crippen LogP contribution is 2.27. The van der Waals surface area contributed by atoms with Crippen LogP contribution in [0.15, 0.2) is 58.2 Å². The first kappa shape index (κ1) is 18.0. The number of amides is 1. The van der Waals surface area contributed by atoms with E-state index < -0.39 is 5.25 Å². The fraction of sp³-hybridized carbons (Fsp3) is 0.211. The highest BCUT2D eigenvalue weighted by Gasteiger charge is 2.19. The summed E-state index contributed by atoms with van der Waals surface area (Å²) in [7, 11) is 1.58. The Hall–Kier alpha value is -2.80. The zero-order valence-electron chi connectivity index (χ0n) is 14.7. The fourth-order valence-corrected chi connectivity index (χ4v) is 2.99. The largest absolute Gasteiger partial charge is 0.497 e. The van der Waals surface area contributed by atoms with Crippen molar-refractivity contribution < 1.29 is 13.9 Å². The van der Waals surface area contributed by atoms with Crippen molar-refractivity contribution in [3.8, 4) is 17.2 Å². The van der Waals surface area contributed by atoms with Crippen LogP contribution in [0.1, 0.15) is 12.5 Å². The second-order valence-electron chi connectivity index (χ2n) is 5.72. The maximum atomic E-state index is 12.4. The zero-order chi connectivity index (χ0) is 18.5. The normalized spacial score (nSPS) is 11.8. The molecule has 0 fully saturated rings. The van der Waals surface area contributed by atoms with Crippen LogP contribution in [0, 0.1) is 6.92 Å². The standard InChI is InChI=1S/C19H19N3O3S/c1-12-6-4-7-14(10-12)18-21-22-19(25-18)26-13(2)17(23)20-15-8-5-9-16(11-15)24-3/h4-11,13H,1-3H3,(H,20,23)/t13-/m1/s1. The van der Waals surface area contributed by atoms with Crippen LogP contribution in [-0.4, -0.2) is 28.5 Å². The maximum Gasteiger partial charge on any atom is 0.277 e. The summed E-state index contributed by atoms with van der Waals surface area (Å²) in [5.41, 5.74) is 2.64. The van der Waals surface area contributed by atoms with Crippen molar-refractivity contribution >= 4 is 23.4 Å². The molecule has 7 heteroatoms. The molecule has 1 N–H and O–H groups in total. The van der Waals surface area contributed by atoms with E-state index in [1.54, 1.807) is 26.2 Å². The third-order valence-corrected chi connectivity index (χ3v) is 4.59. The molecular formula is C19H19N3O3S. The second-order valence-corrected chi connectivity index (χ2v) is 7.02.